The van der Waals surface area contributed by atoms with E-state index in [1.165, 1.54) is 0 Å². The summed E-state index contributed by atoms with van der Waals surface area (Å²) < 4.78 is 0. The topological polar surface area (TPSA) is 44.8 Å². The first-order chi connectivity index (χ1) is 11.8. The summed E-state index contributed by atoms with van der Waals surface area (Å²) in [4.78, 5) is 14.4. The van der Waals surface area contributed by atoms with E-state index in [9.17, 15) is 0 Å². The number of aromatic amines is 1. The highest BCUT2D eigenvalue weighted by atomic mass is 15.1. The van der Waals surface area contributed by atoms with Crippen LogP contribution in [0.4, 0.5) is 0 Å². The third-order valence-electron chi connectivity index (χ3n) is 4.65. The molecule has 3 aromatic heterocycles. The first-order valence-corrected chi connectivity index (χ1v) is 8.38. The lowest BCUT2D eigenvalue weighted by Gasteiger charge is -2.25. The third-order valence-corrected chi connectivity index (χ3v) is 4.65. The molecule has 0 aliphatic carbocycles. The second-order valence-corrected chi connectivity index (χ2v) is 6.38. The molecule has 4 heterocycles. The van der Waals surface area contributed by atoms with E-state index in [0.29, 0.717) is 5.92 Å². The van der Waals surface area contributed by atoms with Crippen LogP contribution in [-0.4, -0.2) is 40.0 Å². The van der Waals surface area contributed by atoms with Crippen molar-refractivity contribution in [3.05, 3.63) is 48.5 Å². The Morgan fingerprint density at radius 2 is 1.92 bits per heavy atom. The van der Waals surface area contributed by atoms with E-state index in [0.717, 1.165) is 53.8 Å². The van der Waals surface area contributed by atoms with Gasteiger partial charge < -0.3 is 9.88 Å². The fourth-order valence-corrected chi connectivity index (χ4v) is 3.17. The van der Waals surface area contributed by atoms with Gasteiger partial charge in [-0.25, -0.2) is 4.98 Å². The maximum absolute atomic E-state index is 4.67. The second-order valence-electron chi connectivity index (χ2n) is 6.38. The Hall–Kier alpha value is -2.64. The summed E-state index contributed by atoms with van der Waals surface area (Å²) in [6.45, 7) is 2.27. The average Bonchev–Trinajstić information content (AvgIpc) is 3.05. The molecule has 24 heavy (non-hydrogen) atoms. The van der Waals surface area contributed by atoms with Crippen molar-refractivity contribution in [3.8, 4) is 23.0 Å². The van der Waals surface area contributed by atoms with E-state index in [1.807, 2.05) is 36.8 Å². The molecule has 3 aromatic rings. The summed E-state index contributed by atoms with van der Waals surface area (Å²) in [5, 5.41) is 1.12. The van der Waals surface area contributed by atoms with Crippen LogP contribution in [0.1, 0.15) is 18.5 Å². The Labute approximate surface area is 141 Å². The monoisotopic (exact) mass is 316 g/mol. The van der Waals surface area contributed by atoms with Crippen LogP contribution in [0.3, 0.4) is 0 Å². The molecule has 120 valence electrons. The lowest BCUT2D eigenvalue weighted by molar-refractivity contribution is 0.248. The highest BCUT2D eigenvalue weighted by molar-refractivity contribution is 5.93. The third kappa shape index (κ3) is 3.04. The van der Waals surface area contributed by atoms with E-state index < -0.39 is 0 Å². The number of H-pyrrole nitrogens is 1. The van der Waals surface area contributed by atoms with Crippen molar-refractivity contribution in [2.24, 2.45) is 5.92 Å². The zero-order valence-electron chi connectivity index (χ0n) is 13.8. The van der Waals surface area contributed by atoms with Crippen molar-refractivity contribution >= 4 is 11.0 Å². The van der Waals surface area contributed by atoms with Crippen LogP contribution in [0.5, 0.6) is 0 Å². The zero-order valence-corrected chi connectivity index (χ0v) is 13.8. The van der Waals surface area contributed by atoms with Crippen LogP contribution >= 0.6 is 0 Å². The number of piperidine rings is 1. The molecule has 4 rings (SSSR count). The van der Waals surface area contributed by atoms with Crippen molar-refractivity contribution < 1.29 is 0 Å². The molecule has 1 saturated heterocycles. The van der Waals surface area contributed by atoms with Gasteiger partial charge in [0.25, 0.3) is 0 Å². The van der Waals surface area contributed by atoms with Gasteiger partial charge in [-0.15, -0.1) is 0 Å². The summed E-state index contributed by atoms with van der Waals surface area (Å²) in [6.07, 6.45) is 7.92. The summed E-state index contributed by atoms with van der Waals surface area (Å²) in [7, 11) is 2.17. The Balaban J connectivity index is 1.59. The molecule has 4 heteroatoms. The zero-order chi connectivity index (χ0) is 16.4. The number of hydrogen-bond acceptors (Lipinski definition) is 3. The van der Waals surface area contributed by atoms with Crippen molar-refractivity contribution in [2.75, 3.05) is 20.1 Å². The Morgan fingerprint density at radius 1 is 1.12 bits per heavy atom. The van der Waals surface area contributed by atoms with Crippen molar-refractivity contribution in [1.82, 2.24) is 19.9 Å². The number of likely N-dealkylation sites (tertiary alicyclic amines) is 1. The van der Waals surface area contributed by atoms with Gasteiger partial charge in [-0.2, -0.15) is 0 Å². The van der Waals surface area contributed by atoms with Crippen LogP contribution < -0.4 is 0 Å². The number of nitrogens with one attached hydrogen (secondary N) is 1. The molecule has 0 radical (unpaired) electrons. The average molecular weight is 316 g/mol. The minimum atomic E-state index is 0.495. The predicted octanol–water partition coefficient (Wildman–Crippen LogP) is 3.32. The van der Waals surface area contributed by atoms with E-state index in [2.05, 4.69) is 44.8 Å². The molecule has 4 nitrogen and oxygen atoms in total. The Kier molecular flexibility index (Phi) is 4.02. The molecule has 1 aliphatic heterocycles. The molecule has 0 spiro atoms. The fourth-order valence-electron chi connectivity index (χ4n) is 3.17. The van der Waals surface area contributed by atoms with Gasteiger partial charge in [0, 0.05) is 35.5 Å². The van der Waals surface area contributed by atoms with Gasteiger partial charge in [0.15, 0.2) is 0 Å². The standard InChI is InChI=1S/C20H20N4/c1-24-12-8-15(9-13-24)2-3-17-4-5-18-19(14-22-20(18)23-17)16-6-10-21-11-7-16/h4-7,10-11,14-15H,8-9,12-13H2,1H3,(H,22,23). The number of rotatable bonds is 1. The van der Waals surface area contributed by atoms with Gasteiger partial charge in [-0.1, -0.05) is 5.92 Å². The molecule has 0 unspecified atom stereocenters. The Bertz CT molecular complexity index is 894. The molecule has 1 fully saturated rings. The maximum atomic E-state index is 4.67. The van der Waals surface area contributed by atoms with Crippen molar-refractivity contribution in [3.63, 3.8) is 0 Å². The highest BCUT2D eigenvalue weighted by Gasteiger charge is 2.14. The van der Waals surface area contributed by atoms with Gasteiger partial charge in [-0.05, 0) is 68.7 Å². The molecule has 0 atom stereocenters. The molecular weight excluding hydrogens is 296 g/mol. The molecule has 1 N–H and O–H groups in total. The van der Waals surface area contributed by atoms with Gasteiger partial charge in [0.05, 0.1) is 0 Å². The second kappa shape index (κ2) is 6.46. The van der Waals surface area contributed by atoms with E-state index in [4.69, 9.17) is 0 Å². The number of fused-ring (bicyclic) bond motifs is 1. The largest absolute Gasteiger partial charge is 0.345 e. The summed E-state index contributed by atoms with van der Waals surface area (Å²) in [6, 6.07) is 8.14. The normalized spacial score (nSPS) is 16.0. The molecular formula is C20H20N4. The van der Waals surface area contributed by atoms with Gasteiger partial charge in [-0.3, -0.25) is 4.98 Å². The first-order valence-electron chi connectivity index (χ1n) is 8.38. The first kappa shape index (κ1) is 14.9. The van der Waals surface area contributed by atoms with Gasteiger partial charge in [0.2, 0.25) is 0 Å². The molecule has 1 aliphatic rings. The number of pyridine rings is 2. The molecule has 0 bridgehead atoms. The lowest BCUT2D eigenvalue weighted by Crippen LogP contribution is -2.29. The van der Waals surface area contributed by atoms with Crippen LogP contribution in [0.25, 0.3) is 22.2 Å². The molecule has 0 aromatic carbocycles. The van der Waals surface area contributed by atoms with Crippen LogP contribution in [0.2, 0.25) is 0 Å². The van der Waals surface area contributed by atoms with E-state index in [-0.39, 0.29) is 0 Å². The van der Waals surface area contributed by atoms with Crippen LogP contribution in [-0.2, 0) is 0 Å². The SMILES string of the molecule is CN1CCC(C#Cc2ccc3c(-c4ccncc4)c[nH]c3n2)CC1. The van der Waals surface area contributed by atoms with E-state index >= 15 is 0 Å². The Morgan fingerprint density at radius 3 is 2.71 bits per heavy atom. The number of nitrogens with zero attached hydrogens (tertiary/aromatic N) is 3. The van der Waals surface area contributed by atoms with Crippen molar-refractivity contribution in [1.29, 1.82) is 0 Å². The summed E-state index contributed by atoms with van der Waals surface area (Å²) in [5.41, 5.74) is 4.01. The quantitative estimate of drug-likeness (QED) is 0.701. The minimum absolute atomic E-state index is 0.495. The van der Waals surface area contributed by atoms with Crippen molar-refractivity contribution in [2.45, 2.75) is 12.8 Å². The van der Waals surface area contributed by atoms with Crippen LogP contribution in [0.15, 0.2) is 42.9 Å². The predicted molar refractivity (Wildman–Crippen MR) is 96.4 cm³/mol. The summed E-state index contributed by atoms with van der Waals surface area (Å²) >= 11 is 0. The number of hydrogen-bond donors (Lipinski definition) is 1. The smallest absolute Gasteiger partial charge is 0.139 e. The summed E-state index contributed by atoms with van der Waals surface area (Å²) in [5.74, 6) is 7.16. The molecule has 0 saturated carbocycles. The lowest BCUT2D eigenvalue weighted by atomic mass is 9.98. The highest BCUT2D eigenvalue weighted by Crippen LogP contribution is 2.27. The minimum Gasteiger partial charge on any atom is -0.345 e. The van der Waals surface area contributed by atoms with E-state index in [1.54, 1.807) is 0 Å². The fraction of sp³-hybridized carbons (Fsp3) is 0.300. The van der Waals surface area contributed by atoms with Gasteiger partial charge >= 0.3 is 0 Å². The van der Waals surface area contributed by atoms with Crippen LogP contribution in [0, 0.1) is 17.8 Å². The maximum Gasteiger partial charge on any atom is 0.139 e. The van der Waals surface area contributed by atoms with Gasteiger partial charge in [0.1, 0.15) is 11.3 Å². The number of aromatic nitrogens is 3. The molecule has 0 amide bonds.